The van der Waals surface area contributed by atoms with Gasteiger partial charge in [0.2, 0.25) is 0 Å². The van der Waals surface area contributed by atoms with Crippen molar-refractivity contribution in [2.75, 3.05) is 5.73 Å². The Kier molecular flexibility index (Phi) is 5.61. The minimum Gasteiger partial charge on any atom is -0.383 e. The van der Waals surface area contributed by atoms with E-state index in [0.29, 0.717) is 16.9 Å². The summed E-state index contributed by atoms with van der Waals surface area (Å²) in [5.74, 6) is 5.52. The Hall–Kier alpha value is -5.77. The van der Waals surface area contributed by atoms with Crippen LogP contribution in [0, 0.1) is 11.8 Å². The van der Waals surface area contributed by atoms with Gasteiger partial charge < -0.3 is 15.6 Å². The smallest absolute Gasteiger partial charge is 0.272 e. The molecule has 0 saturated heterocycles. The molecule has 0 unspecified atom stereocenters. The Morgan fingerprint density at radius 3 is 2.77 bits per heavy atom. The second-order valence-electron chi connectivity index (χ2n) is 8.67. The van der Waals surface area contributed by atoms with Gasteiger partial charge in [-0.2, -0.15) is 10.1 Å². The van der Waals surface area contributed by atoms with E-state index in [2.05, 4.69) is 42.4 Å². The van der Waals surface area contributed by atoms with Crippen LogP contribution >= 0.6 is 0 Å². The number of anilines is 1. The minimum atomic E-state index is -0.764. The van der Waals surface area contributed by atoms with Crippen molar-refractivity contribution in [2.45, 2.75) is 13.0 Å². The molecule has 0 bridgehead atoms. The summed E-state index contributed by atoms with van der Waals surface area (Å²) in [5, 5.41) is 11.1. The molecule has 0 spiro atoms. The molecule has 1 atom stereocenters. The zero-order valence-corrected chi connectivity index (χ0v) is 20.7. The van der Waals surface area contributed by atoms with Gasteiger partial charge in [0.25, 0.3) is 17.2 Å². The lowest BCUT2D eigenvalue weighted by molar-refractivity contribution is 0.0939. The Morgan fingerprint density at radius 2 is 2.00 bits per heavy atom. The van der Waals surface area contributed by atoms with Crippen molar-refractivity contribution < 1.29 is 9.32 Å². The average molecular weight is 521 g/mol. The highest BCUT2D eigenvalue weighted by Crippen LogP contribution is 2.21. The first kappa shape index (κ1) is 23.6. The largest absolute Gasteiger partial charge is 0.383 e. The number of nitrogen functional groups attached to an aromatic ring is 1. The standard InChI is InChI=1S/C26H20N10O3/c1-15(31-24(37)20-21(27)29-14-35-11-10-28-23(20)35)22-32-25-19(26(38)36(22)17-6-4-3-5-7-17)18(33-39-25)9-8-16-12-30-34(2)13-16/h3-7,10-15H,27H2,1-2H3,(H,31,37)/t15-/m0/s1. The number of aromatic nitrogens is 8. The predicted molar refractivity (Wildman–Crippen MR) is 140 cm³/mol. The fourth-order valence-corrected chi connectivity index (χ4v) is 4.19. The van der Waals surface area contributed by atoms with Crippen LogP contribution in [0.1, 0.15) is 40.4 Å². The minimum absolute atomic E-state index is 0.00435. The van der Waals surface area contributed by atoms with Gasteiger partial charge in [-0.25, -0.2) is 9.97 Å². The first-order chi connectivity index (χ1) is 18.9. The van der Waals surface area contributed by atoms with Crippen molar-refractivity contribution in [3.05, 3.63) is 94.4 Å². The number of rotatable bonds is 4. The van der Waals surface area contributed by atoms with E-state index in [-0.39, 0.29) is 34.0 Å². The maximum Gasteiger partial charge on any atom is 0.272 e. The van der Waals surface area contributed by atoms with Crippen molar-refractivity contribution in [3.8, 4) is 17.5 Å². The van der Waals surface area contributed by atoms with E-state index in [9.17, 15) is 9.59 Å². The van der Waals surface area contributed by atoms with E-state index in [1.54, 1.807) is 65.9 Å². The molecule has 6 rings (SSSR count). The molecule has 39 heavy (non-hydrogen) atoms. The summed E-state index contributed by atoms with van der Waals surface area (Å²) in [6.45, 7) is 1.69. The van der Waals surface area contributed by atoms with E-state index < -0.39 is 17.5 Å². The molecule has 0 saturated carbocycles. The molecule has 13 nitrogen and oxygen atoms in total. The molecule has 0 aliphatic rings. The number of imidazole rings is 1. The number of fused-ring (bicyclic) bond motifs is 2. The third-order valence-electron chi connectivity index (χ3n) is 6.01. The number of benzene rings is 1. The number of hydrogen-bond acceptors (Lipinski definition) is 9. The number of carbonyl (C=O) groups is 1. The zero-order valence-electron chi connectivity index (χ0n) is 20.7. The Bertz CT molecular complexity index is 1990. The van der Waals surface area contributed by atoms with Gasteiger partial charge in [-0.15, -0.1) is 0 Å². The average Bonchev–Trinajstić information content (AvgIpc) is 3.67. The van der Waals surface area contributed by atoms with E-state index >= 15 is 0 Å². The van der Waals surface area contributed by atoms with E-state index in [1.165, 1.54) is 17.1 Å². The van der Waals surface area contributed by atoms with Crippen LogP contribution in [0.25, 0.3) is 22.4 Å². The summed E-state index contributed by atoms with van der Waals surface area (Å²) < 4.78 is 10.0. The fourth-order valence-electron chi connectivity index (χ4n) is 4.19. The summed E-state index contributed by atoms with van der Waals surface area (Å²) in [6.07, 6.45) is 8.01. The molecule has 1 aromatic carbocycles. The normalized spacial score (nSPS) is 11.8. The van der Waals surface area contributed by atoms with Gasteiger partial charge in [0.1, 0.15) is 28.9 Å². The second kappa shape index (κ2) is 9.27. The molecular formula is C26H20N10O3. The molecule has 0 aliphatic heterocycles. The number of nitrogens with zero attached hydrogens (tertiary/aromatic N) is 8. The molecule has 0 fully saturated rings. The molecular weight excluding hydrogens is 500 g/mol. The van der Waals surface area contributed by atoms with Crippen molar-refractivity contribution in [2.24, 2.45) is 7.05 Å². The lowest BCUT2D eigenvalue weighted by Crippen LogP contribution is -2.34. The lowest BCUT2D eigenvalue weighted by atomic mass is 10.2. The Balaban J connectivity index is 1.46. The van der Waals surface area contributed by atoms with Gasteiger partial charge in [0.15, 0.2) is 11.3 Å². The Morgan fingerprint density at radius 1 is 1.18 bits per heavy atom. The highest BCUT2D eigenvalue weighted by Gasteiger charge is 2.25. The number of hydrogen-bond donors (Lipinski definition) is 2. The van der Waals surface area contributed by atoms with Crippen LogP contribution in [0.4, 0.5) is 5.82 Å². The number of amides is 1. The highest BCUT2D eigenvalue weighted by atomic mass is 16.5. The first-order valence-electron chi connectivity index (χ1n) is 11.8. The molecule has 192 valence electrons. The van der Waals surface area contributed by atoms with E-state index in [4.69, 9.17) is 10.3 Å². The molecule has 0 aliphatic carbocycles. The SMILES string of the molecule is C[C@H](NC(=O)c1c(N)ncn2ccnc12)c1nc2onc(C#Cc3cnn(C)c3)c2c(=O)n1-c1ccccc1. The van der Waals surface area contributed by atoms with Gasteiger partial charge in [-0.1, -0.05) is 29.3 Å². The molecule has 5 aromatic heterocycles. The summed E-state index contributed by atoms with van der Waals surface area (Å²) in [7, 11) is 1.78. The molecule has 13 heteroatoms. The maximum absolute atomic E-state index is 13.9. The lowest BCUT2D eigenvalue weighted by Gasteiger charge is -2.19. The quantitative estimate of drug-likeness (QED) is 0.329. The molecule has 5 heterocycles. The topological polar surface area (TPSA) is 164 Å². The zero-order chi connectivity index (χ0) is 27.1. The van der Waals surface area contributed by atoms with Crippen LogP contribution in [0.3, 0.4) is 0 Å². The van der Waals surface area contributed by atoms with Gasteiger partial charge >= 0.3 is 0 Å². The van der Waals surface area contributed by atoms with Crippen molar-refractivity contribution >= 4 is 28.5 Å². The third-order valence-corrected chi connectivity index (χ3v) is 6.01. The fraction of sp³-hybridized carbons (Fsp3) is 0.115. The number of nitrogens with one attached hydrogen (secondary N) is 1. The predicted octanol–water partition coefficient (Wildman–Crippen LogP) is 1.62. The van der Waals surface area contributed by atoms with E-state index in [0.717, 1.165) is 0 Å². The highest BCUT2D eigenvalue weighted by molar-refractivity contribution is 6.04. The van der Waals surface area contributed by atoms with Crippen LogP contribution in [0.15, 0.2) is 70.8 Å². The van der Waals surface area contributed by atoms with Gasteiger partial charge in [0, 0.05) is 25.6 Å². The van der Waals surface area contributed by atoms with Crippen LogP contribution in [-0.4, -0.2) is 44.8 Å². The molecule has 6 aromatic rings. The number of nitrogens with two attached hydrogens (primary N) is 1. The summed E-state index contributed by atoms with van der Waals surface area (Å²) in [5.41, 5.74) is 7.36. The van der Waals surface area contributed by atoms with Crippen LogP contribution in [0.5, 0.6) is 0 Å². The van der Waals surface area contributed by atoms with Gasteiger partial charge in [0.05, 0.1) is 23.5 Å². The molecule has 3 N–H and O–H groups in total. The Labute approximate surface area is 219 Å². The first-order valence-corrected chi connectivity index (χ1v) is 11.8. The van der Waals surface area contributed by atoms with Crippen molar-refractivity contribution in [1.29, 1.82) is 0 Å². The maximum atomic E-state index is 13.9. The summed E-state index contributed by atoms with van der Waals surface area (Å²) >= 11 is 0. The molecule has 1 amide bonds. The second-order valence-corrected chi connectivity index (χ2v) is 8.67. The van der Waals surface area contributed by atoms with Crippen LogP contribution in [-0.2, 0) is 7.05 Å². The number of para-hydroxylation sites is 1. The van der Waals surface area contributed by atoms with E-state index in [1.807, 2.05) is 6.07 Å². The van der Waals surface area contributed by atoms with Crippen molar-refractivity contribution in [1.82, 2.24) is 44.2 Å². The van der Waals surface area contributed by atoms with Crippen LogP contribution < -0.4 is 16.6 Å². The number of aryl methyl sites for hydroxylation is 1. The number of carbonyl (C=O) groups excluding carboxylic acids is 1. The van der Waals surface area contributed by atoms with Gasteiger partial charge in [-0.3, -0.25) is 23.2 Å². The monoisotopic (exact) mass is 520 g/mol. The summed E-state index contributed by atoms with van der Waals surface area (Å²) in [6, 6.07) is 8.17. The van der Waals surface area contributed by atoms with Crippen molar-refractivity contribution in [3.63, 3.8) is 0 Å². The third kappa shape index (κ3) is 4.15. The van der Waals surface area contributed by atoms with Crippen LogP contribution in [0.2, 0.25) is 0 Å². The summed E-state index contributed by atoms with van der Waals surface area (Å²) in [4.78, 5) is 40.1. The van der Waals surface area contributed by atoms with Gasteiger partial charge in [-0.05, 0) is 25.0 Å². The molecule has 0 radical (unpaired) electrons.